The van der Waals surface area contributed by atoms with E-state index < -0.39 is 0 Å². The van der Waals surface area contributed by atoms with E-state index >= 15 is 0 Å². The molecule has 3 heterocycles. The van der Waals surface area contributed by atoms with E-state index in [2.05, 4.69) is 179 Å². The van der Waals surface area contributed by atoms with Crippen molar-refractivity contribution >= 4 is 65.0 Å². The predicted octanol–water partition coefficient (Wildman–Crippen LogP) is 12.7. The van der Waals surface area contributed by atoms with Crippen LogP contribution in [-0.4, -0.2) is 9.13 Å². The Morgan fingerprint density at radius 3 is 1.67 bits per heavy atom. The summed E-state index contributed by atoms with van der Waals surface area (Å²) in [6, 6.07) is 57.8. The van der Waals surface area contributed by atoms with Crippen LogP contribution >= 0.6 is 11.3 Å². The molecule has 0 atom stereocenters. The van der Waals surface area contributed by atoms with Crippen LogP contribution in [0.2, 0.25) is 0 Å². The molecular formula is C45H30N2S. The summed E-state index contributed by atoms with van der Waals surface area (Å²) in [6.45, 7) is 2.22. The van der Waals surface area contributed by atoms with Gasteiger partial charge in [-0.25, -0.2) is 0 Å². The Hall–Kier alpha value is -5.90. The third-order valence-electron chi connectivity index (χ3n) is 9.93. The number of nitrogens with zero attached hydrogens (tertiary/aromatic N) is 2. The molecule has 226 valence electrons. The molecule has 7 aromatic carbocycles. The topological polar surface area (TPSA) is 9.86 Å². The molecule has 0 aliphatic carbocycles. The van der Waals surface area contributed by atoms with Gasteiger partial charge in [0.2, 0.25) is 0 Å². The van der Waals surface area contributed by atoms with Gasteiger partial charge in [0, 0.05) is 48.6 Å². The van der Waals surface area contributed by atoms with Crippen molar-refractivity contribution in [2.45, 2.75) is 6.92 Å². The summed E-state index contributed by atoms with van der Waals surface area (Å²) in [5, 5.41) is 8.67. The van der Waals surface area contributed by atoms with Crippen molar-refractivity contribution in [2.24, 2.45) is 0 Å². The minimum atomic E-state index is 1.18. The average Bonchev–Trinajstić information content (AvgIpc) is 3.82. The lowest BCUT2D eigenvalue weighted by atomic mass is 10.0. The third kappa shape index (κ3) is 4.05. The van der Waals surface area contributed by atoms with Gasteiger partial charge in [0.15, 0.2) is 0 Å². The monoisotopic (exact) mass is 630 g/mol. The maximum Gasteiger partial charge on any atom is 0.0541 e. The molecule has 10 aromatic rings. The second-order valence-corrected chi connectivity index (χ2v) is 13.6. The summed E-state index contributed by atoms with van der Waals surface area (Å²) in [5.74, 6) is 0. The van der Waals surface area contributed by atoms with Crippen LogP contribution in [0.5, 0.6) is 0 Å². The van der Waals surface area contributed by atoms with Gasteiger partial charge in [0.1, 0.15) is 0 Å². The summed E-state index contributed by atoms with van der Waals surface area (Å²) in [6.07, 6.45) is 0. The number of para-hydroxylation sites is 3. The van der Waals surface area contributed by atoms with Crippen LogP contribution in [0.1, 0.15) is 5.56 Å². The van der Waals surface area contributed by atoms with Crippen LogP contribution in [0, 0.1) is 6.92 Å². The molecule has 0 amide bonds. The van der Waals surface area contributed by atoms with Crippen molar-refractivity contribution in [3.63, 3.8) is 0 Å². The molecule has 0 fully saturated rings. The highest BCUT2D eigenvalue weighted by Crippen LogP contribution is 2.40. The van der Waals surface area contributed by atoms with Crippen molar-refractivity contribution in [2.75, 3.05) is 0 Å². The Labute approximate surface area is 282 Å². The van der Waals surface area contributed by atoms with Crippen LogP contribution in [0.4, 0.5) is 0 Å². The van der Waals surface area contributed by atoms with Crippen molar-refractivity contribution in [3.8, 4) is 33.6 Å². The van der Waals surface area contributed by atoms with Gasteiger partial charge in [0.25, 0.3) is 0 Å². The van der Waals surface area contributed by atoms with E-state index in [1.807, 2.05) is 11.3 Å². The fourth-order valence-corrected chi connectivity index (χ4v) is 8.61. The first-order valence-corrected chi connectivity index (χ1v) is 17.3. The molecule has 3 heteroatoms. The van der Waals surface area contributed by atoms with Gasteiger partial charge in [-0.05, 0) is 95.2 Å². The normalized spacial score (nSPS) is 11.9. The highest BCUT2D eigenvalue weighted by Gasteiger charge is 2.17. The fourth-order valence-electron chi connectivity index (χ4n) is 7.64. The highest BCUT2D eigenvalue weighted by molar-refractivity contribution is 7.17. The lowest BCUT2D eigenvalue weighted by Crippen LogP contribution is -1.97. The molecule has 0 saturated carbocycles. The van der Waals surface area contributed by atoms with E-state index in [1.165, 1.54) is 92.9 Å². The minimum absolute atomic E-state index is 1.18. The summed E-state index contributed by atoms with van der Waals surface area (Å²) in [5.41, 5.74) is 13.5. The van der Waals surface area contributed by atoms with Gasteiger partial charge in [-0.15, -0.1) is 11.3 Å². The third-order valence-corrected chi connectivity index (χ3v) is 10.9. The van der Waals surface area contributed by atoms with Crippen molar-refractivity contribution in [1.82, 2.24) is 9.13 Å². The van der Waals surface area contributed by atoms with Gasteiger partial charge in [0.05, 0.1) is 22.1 Å². The Morgan fingerprint density at radius 1 is 0.417 bits per heavy atom. The Balaban J connectivity index is 1.16. The van der Waals surface area contributed by atoms with E-state index in [9.17, 15) is 0 Å². The summed E-state index contributed by atoms with van der Waals surface area (Å²) in [7, 11) is 0. The summed E-state index contributed by atoms with van der Waals surface area (Å²) >= 11 is 1.81. The molecule has 0 bridgehead atoms. The minimum Gasteiger partial charge on any atom is -0.309 e. The van der Waals surface area contributed by atoms with Gasteiger partial charge in [-0.2, -0.15) is 0 Å². The SMILES string of the molecule is Cc1ccc(-c2csc3ccccc23)cc1-n1c2ccccc2c2cc(-c3ccc4c(c3)c3ccccc3n4-c3ccccc3)ccc21. The Kier molecular flexibility index (Phi) is 5.99. The highest BCUT2D eigenvalue weighted by atomic mass is 32.1. The number of fused-ring (bicyclic) bond motifs is 7. The number of hydrogen-bond acceptors (Lipinski definition) is 1. The van der Waals surface area contributed by atoms with Gasteiger partial charge < -0.3 is 9.13 Å². The Morgan fingerprint density at radius 2 is 0.958 bits per heavy atom. The molecule has 0 radical (unpaired) electrons. The summed E-state index contributed by atoms with van der Waals surface area (Å²) in [4.78, 5) is 0. The molecule has 10 rings (SSSR count). The fraction of sp³-hybridized carbons (Fsp3) is 0.0222. The molecule has 0 saturated heterocycles. The first-order valence-electron chi connectivity index (χ1n) is 16.4. The smallest absolute Gasteiger partial charge is 0.0541 e. The van der Waals surface area contributed by atoms with E-state index in [0.29, 0.717) is 0 Å². The maximum atomic E-state index is 2.46. The predicted molar refractivity (Wildman–Crippen MR) is 206 cm³/mol. The molecule has 0 aliphatic rings. The van der Waals surface area contributed by atoms with Gasteiger partial charge >= 0.3 is 0 Å². The van der Waals surface area contributed by atoms with Crippen molar-refractivity contribution < 1.29 is 0 Å². The Bertz CT molecular complexity index is 2850. The quantitative estimate of drug-likeness (QED) is 0.183. The first kappa shape index (κ1) is 27.2. The number of aromatic nitrogens is 2. The number of hydrogen-bond donors (Lipinski definition) is 0. The lowest BCUT2D eigenvalue weighted by molar-refractivity contribution is 1.15. The number of aryl methyl sites for hydroxylation is 1. The van der Waals surface area contributed by atoms with Crippen LogP contribution in [-0.2, 0) is 0 Å². The van der Waals surface area contributed by atoms with E-state index in [4.69, 9.17) is 0 Å². The van der Waals surface area contributed by atoms with Gasteiger partial charge in [-0.3, -0.25) is 0 Å². The zero-order valence-corrected chi connectivity index (χ0v) is 27.2. The van der Waals surface area contributed by atoms with Gasteiger partial charge in [-0.1, -0.05) is 97.1 Å². The number of benzene rings is 7. The first-order chi connectivity index (χ1) is 23.7. The maximum absolute atomic E-state index is 2.46. The zero-order valence-electron chi connectivity index (χ0n) is 26.4. The second kappa shape index (κ2) is 10.6. The van der Waals surface area contributed by atoms with Crippen LogP contribution in [0.25, 0.3) is 87.3 Å². The molecule has 0 aliphatic heterocycles. The van der Waals surface area contributed by atoms with Crippen LogP contribution < -0.4 is 0 Å². The molecule has 0 unspecified atom stereocenters. The molecular weight excluding hydrogens is 601 g/mol. The second-order valence-electron chi connectivity index (χ2n) is 12.7. The lowest BCUT2D eigenvalue weighted by Gasteiger charge is -2.14. The largest absolute Gasteiger partial charge is 0.309 e. The van der Waals surface area contributed by atoms with Crippen molar-refractivity contribution in [1.29, 1.82) is 0 Å². The zero-order chi connectivity index (χ0) is 31.8. The number of thiophene rings is 1. The van der Waals surface area contributed by atoms with E-state index in [0.717, 1.165) is 0 Å². The summed E-state index contributed by atoms with van der Waals surface area (Å²) < 4.78 is 6.15. The number of rotatable bonds is 4. The molecule has 2 nitrogen and oxygen atoms in total. The van der Waals surface area contributed by atoms with Crippen LogP contribution in [0.3, 0.4) is 0 Å². The van der Waals surface area contributed by atoms with Crippen LogP contribution in [0.15, 0.2) is 163 Å². The van der Waals surface area contributed by atoms with E-state index in [1.54, 1.807) is 0 Å². The molecule has 0 spiro atoms. The van der Waals surface area contributed by atoms with Crippen molar-refractivity contribution in [3.05, 3.63) is 169 Å². The average molecular weight is 631 g/mol. The molecule has 48 heavy (non-hydrogen) atoms. The standard InChI is InChI=1S/C45H30N2S/c1-29-19-20-32(39-28-48-45-18-10-7-15-36(39)45)27-44(29)47-41-17-9-6-14-35(41)38-26-31(22-24-43(38)47)30-21-23-42-37(25-30)34-13-5-8-16-40(34)46(42)33-11-3-2-4-12-33/h2-28H,1H3. The molecule has 3 aromatic heterocycles. The molecule has 0 N–H and O–H groups in total. The van der Waals surface area contributed by atoms with E-state index in [-0.39, 0.29) is 0 Å².